The van der Waals surface area contributed by atoms with Crippen molar-refractivity contribution in [2.75, 3.05) is 13.6 Å². The van der Waals surface area contributed by atoms with Crippen molar-refractivity contribution in [3.05, 3.63) is 12.2 Å². The van der Waals surface area contributed by atoms with Crippen LogP contribution < -0.4 is 0 Å². The summed E-state index contributed by atoms with van der Waals surface area (Å²) >= 11 is 0. The number of hydrogen-bond donors (Lipinski definition) is 0. The molecule has 2 atom stereocenters. The van der Waals surface area contributed by atoms with Crippen LogP contribution in [0.5, 0.6) is 0 Å². The molecule has 1 heteroatoms. The lowest BCUT2D eigenvalue weighted by molar-refractivity contribution is 0.336. The van der Waals surface area contributed by atoms with Crippen molar-refractivity contribution < 1.29 is 0 Å². The molecule has 0 aromatic carbocycles. The first kappa shape index (κ1) is 9.79. The van der Waals surface area contributed by atoms with Crippen molar-refractivity contribution in [1.29, 1.82) is 0 Å². The van der Waals surface area contributed by atoms with Gasteiger partial charge in [-0.2, -0.15) is 0 Å². The second kappa shape index (κ2) is 4.08. The SMILES string of the molecule is C=C(C)[C@@H]1C[C@@H](CCC)CN1C. The highest BCUT2D eigenvalue weighted by Gasteiger charge is 2.28. The van der Waals surface area contributed by atoms with Crippen LogP contribution >= 0.6 is 0 Å². The van der Waals surface area contributed by atoms with E-state index in [9.17, 15) is 0 Å². The number of nitrogens with zero attached hydrogens (tertiary/aromatic N) is 1. The summed E-state index contributed by atoms with van der Waals surface area (Å²) < 4.78 is 0. The van der Waals surface area contributed by atoms with Gasteiger partial charge in [0.05, 0.1) is 0 Å². The lowest BCUT2D eigenvalue weighted by Crippen LogP contribution is -2.25. The van der Waals surface area contributed by atoms with Crippen LogP contribution in [0.1, 0.15) is 33.1 Å². The summed E-state index contributed by atoms with van der Waals surface area (Å²) in [5.41, 5.74) is 1.33. The van der Waals surface area contributed by atoms with Crippen molar-refractivity contribution in [3.63, 3.8) is 0 Å². The van der Waals surface area contributed by atoms with Gasteiger partial charge in [0.1, 0.15) is 0 Å². The third-order valence-corrected chi connectivity index (χ3v) is 2.90. The van der Waals surface area contributed by atoms with Gasteiger partial charge in [-0.1, -0.05) is 25.5 Å². The van der Waals surface area contributed by atoms with Crippen LogP contribution in [-0.4, -0.2) is 24.5 Å². The van der Waals surface area contributed by atoms with Crippen molar-refractivity contribution >= 4 is 0 Å². The van der Waals surface area contributed by atoms with E-state index >= 15 is 0 Å². The van der Waals surface area contributed by atoms with E-state index in [4.69, 9.17) is 0 Å². The molecule has 1 aliphatic rings. The third-order valence-electron chi connectivity index (χ3n) is 2.90. The van der Waals surface area contributed by atoms with Crippen molar-refractivity contribution in [3.8, 4) is 0 Å². The highest BCUT2D eigenvalue weighted by molar-refractivity contribution is 5.05. The molecule has 0 aromatic rings. The maximum Gasteiger partial charge on any atom is 0.0302 e. The van der Waals surface area contributed by atoms with Gasteiger partial charge in [-0.05, 0) is 32.7 Å². The molecule has 1 rings (SSSR count). The monoisotopic (exact) mass is 167 g/mol. The van der Waals surface area contributed by atoms with E-state index in [-0.39, 0.29) is 0 Å². The first-order valence-corrected chi connectivity index (χ1v) is 5.00. The first-order valence-electron chi connectivity index (χ1n) is 5.00. The maximum atomic E-state index is 4.04. The minimum atomic E-state index is 0.654. The fraction of sp³-hybridized carbons (Fsp3) is 0.818. The summed E-state index contributed by atoms with van der Waals surface area (Å²) in [4.78, 5) is 2.45. The lowest BCUT2D eigenvalue weighted by Gasteiger charge is -2.18. The number of hydrogen-bond acceptors (Lipinski definition) is 1. The molecule has 0 amide bonds. The highest BCUT2D eigenvalue weighted by atomic mass is 15.2. The molecule has 0 unspecified atom stereocenters. The largest absolute Gasteiger partial charge is 0.299 e. The summed E-state index contributed by atoms with van der Waals surface area (Å²) in [5, 5.41) is 0. The van der Waals surface area contributed by atoms with Crippen molar-refractivity contribution in [2.45, 2.75) is 39.2 Å². The Hall–Kier alpha value is -0.300. The Bertz CT molecular complexity index is 162. The summed E-state index contributed by atoms with van der Waals surface area (Å²) in [6, 6.07) is 0.654. The molecular weight excluding hydrogens is 146 g/mol. The van der Waals surface area contributed by atoms with E-state index in [0.717, 1.165) is 5.92 Å². The first-order chi connectivity index (χ1) is 5.65. The van der Waals surface area contributed by atoms with Crippen LogP contribution in [0, 0.1) is 5.92 Å². The molecule has 0 N–H and O–H groups in total. The van der Waals surface area contributed by atoms with Crippen LogP contribution in [0.3, 0.4) is 0 Å². The van der Waals surface area contributed by atoms with E-state index in [1.54, 1.807) is 0 Å². The van der Waals surface area contributed by atoms with Crippen LogP contribution in [0.15, 0.2) is 12.2 Å². The van der Waals surface area contributed by atoms with Gasteiger partial charge < -0.3 is 0 Å². The Morgan fingerprint density at radius 1 is 1.58 bits per heavy atom. The predicted molar refractivity (Wildman–Crippen MR) is 54.2 cm³/mol. The summed E-state index contributed by atoms with van der Waals surface area (Å²) in [6.07, 6.45) is 4.04. The third kappa shape index (κ3) is 2.10. The Kier molecular flexibility index (Phi) is 3.33. The van der Waals surface area contributed by atoms with Crippen molar-refractivity contribution in [1.82, 2.24) is 4.90 Å². The molecule has 1 saturated heterocycles. The smallest absolute Gasteiger partial charge is 0.0302 e. The van der Waals surface area contributed by atoms with Gasteiger partial charge >= 0.3 is 0 Å². The molecule has 12 heavy (non-hydrogen) atoms. The van der Waals surface area contributed by atoms with Crippen LogP contribution in [0.4, 0.5) is 0 Å². The van der Waals surface area contributed by atoms with Gasteiger partial charge in [0.2, 0.25) is 0 Å². The van der Waals surface area contributed by atoms with Gasteiger partial charge in [-0.15, -0.1) is 0 Å². The topological polar surface area (TPSA) is 3.24 Å². The zero-order valence-electron chi connectivity index (χ0n) is 8.64. The minimum Gasteiger partial charge on any atom is -0.299 e. The summed E-state index contributed by atoms with van der Waals surface area (Å²) in [7, 11) is 2.22. The van der Waals surface area contributed by atoms with E-state index < -0.39 is 0 Å². The zero-order chi connectivity index (χ0) is 9.14. The molecule has 1 fully saturated rings. The molecule has 0 radical (unpaired) electrons. The molecule has 0 saturated carbocycles. The second-order valence-electron chi connectivity index (χ2n) is 4.19. The van der Waals surface area contributed by atoms with Gasteiger partial charge in [0, 0.05) is 12.6 Å². The second-order valence-corrected chi connectivity index (χ2v) is 4.19. The van der Waals surface area contributed by atoms with E-state index in [2.05, 4.69) is 32.4 Å². The molecule has 1 aliphatic heterocycles. The average molecular weight is 167 g/mol. The van der Waals surface area contributed by atoms with Crippen LogP contribution in [-0.2, 0) is 0 Å². The quantitative estimate of drug-likeness (QED) is 0.584. The highest BCUT2D eigenvalue weighted by Crippen LogP contribution is 2.28. The van der Waals surface area contributed by atoms with Gasteiger partial charge in [-0.25, -0.2) is 0 Å². The molecule has 1 nitrogen and oxygen atoms in total. The Morgan fingerprint density at radius 2 is 2.25 bits per heavy atom. The Morgan fingerprint density at radius 3 is 2.67 bits per heavy atom. The molecular formula is C11H21N. The van der Waals surface area contributed by atoms with Gasteiger partial charge in [0.15, 0.2) is 0 Å². The molecule has 0 bridgehead atoms. The fourth-order valence-corrected chi connectivity index (χ4v) is 2.30. The summed E-state index contributed by atoms with van der Waals surface area (Å²) in [6.45, 7) is 9.73. The standard InChI is InChI=1S/C11H21N/c1-5-6-10-7-11(9(2)3)12(4)8-10/h10-11H,2,5-8H2,1,3-4H3/t10-,11+/m1/s1. The number of rotatable bonds is 3. The van der Waals surface area contributed by atoms with E-state index in [1.807, 2.05) is 0 Å². The summed E-state index contributed by atoms with van der Waals surface area (Å²) in [5.74, 6) is 0.918. The molecule has 0 aromatic heterocycles. The van der Waals surface area contributed by atoms with Crippen LogP contribution in [0.25, 0.3) is 0 Å². The predicted octanol–water partition coefficient (Wildman–Crippen LogP) is 2.68. The molecule has 0 aliphatic carbocycles. The Labute approximate surface area is 76.5 Å². The normalized spacial score (nSPS) is 30.9. The lowest BCUT2D eigenvalue weighted by atomic mass is 9.98. The average Bonchev–Trinajstić information content (AvgIpc) is 2.32. The van der Waals surface area contributed by atoms with E-state index in [0.29, 0.717) is 6.04 Å². The van der Waals surface area contributed by atoms with Gasteiger partial charge in [0.25, 0.3) is 0 Å². The minimum absolute atomic E-state index is 0.654. The zero-order valence-corrected chi connectivity index (χ0v) is 8.64. The maximum absolute atomic E-state index is 4.04. The molecule has 0 spiro atoms. The van der Waals surface area contributed by atoms with E-state index in [1.165, 1.54) is 31.4 Å². The number of likely N-dealkylation sites (N-methyl/N-ethyl adjacent to an activating group) is 1. The molecule has 1 heterocycles. The van der Waals surface area contributed by atoms with Crippen molar-refractivity contribution in [2.24, 2.45) is 5.92 Å². The number of likely N-dealkylation sites (tertiary alicyclic amines) is 1. The van der Waals surface area contributed by atoms with Crippen LogP contribution in [0.2, 0.25) is 0 Å². The molecule has 70 valence electrons. The Balaban J connectivity index is 2.44. The fourth-order valence-electron chi connectivity index (χ4n) is 2.30. The van der Waals surface area contributed by atoms with Gasteiger partial charge in [-0.3, -0.25) is 4.90 Å².